The van der Waals surface area contributed by atoms with E-state index in [9.17, 15) is 9.59 Å². The van der Waals surface area contributed by atoms with E-state index in [2.05, 4.69) is 0 Å². The Morgan fingerprint density at radius 3 is 2.50 bits per heavy atom. The maximum atomic E-state index is 12.5. The highest BCUT2D eigenvalue weighted by Crippen LogP contribution is 2.21. The van der Waals surface area contributed by atoms with Crippen LogP contribution in [-0.2, 0) is 20.7 Å². The van der Waals surface area contributed by atoms with Crippen LogP contribution in [0, 0.1) is 0 Å². The van der Waals surface area contributed by atoms with Gasteiger partial charge in [-0.05, 0) is 44.9 Å². The van der Waals surface area contributed by atoms with Gasteiger partial charge in [0.05, 0.1) is 19.2 Å². The van der Waals surface area contributed by atoms with E-state index in [0.717, 1.165) is 5.56 Å². The number of amides is 1. The maximum absolute atomic E-state index is 12.5. The second-order valence-electron chi connectivity index (χ2n) is 6.78. The summed E-state index contributed by atoms with van der Waals surface area (Å²) in [4.78, 5) is 25.1. The molecule has 2 atom stereocenters. The highest BCUT2D eigenvalue weighted by molar-refractivity contribution is 6.30. The third-order valence-electron chi connectivity index (χ3n) is 3.58. The minimum Gasteiger partial charge on any atom is -0.479 e. The summed E-state index contributed by atoms with van der Waals surface area (Å²) < 4.78 is 10.8. The van der Waals surface area contributed by atoms with Crippen molar-refractivity contribution < 1.29 is 24.2 Å². The molecule has 0 aromatic heterocycles. The lowest BCUT2D eigenvalue weighted by Gasteiger charge is -2.39. The highest BCUT2D eigenvalue weighted by Gasteiger charge is 2.37. The van der Waals surface area contributed by atoms with Crippen LogP contribution in [0.1, 0.15) is 26.3 Å². The number of morpholine rings is 1. The molecule has 2 rings (SSSR count). The molecule has 1 aromatic carbocycles. The number of rotatable bonds is 3. The van der Waals surface area contributed by atoms with Crippen molar-refractivity contribution in [1.29, 1.82) is 0 Å². The molecule has 1 saturated heterocycles. The number of hydrogen-bond donors (Lipinski definition) is 1. The number of carboxylic acid groups (broad SMARTS) is 1. The first-order valence-electron chi connectivity index (χ1n) is 7.74. The van der Waals surface area contributed by atoms with Crippen LogP contribution in [0.5, 0.6) is 0 Å². The summed E-state index contributed by atoms with van der Waals surface area (Å²) in [5, 5.41) is 9.79. The van der Waals surface area contributed by atoms with Crippen LogP contribution in [0.15, 0.2) is 24.3 Å². The van der Waals surface area contributed by atoms with E-state index in [1.54, 1.807) is 32.9 Å². The molecular formula is C17H22ClNO5. The minimum absolute atomic E-state index is 0.0392. The number of carbonyl (C=O) groups is 2. The van der Waals surface area contributed by atoms with Gasteiger partial charge in [0, 0.05) is 5.02 Å². The van der Waals surface area contributed by atoms with Gasteiger partial charge in [0.25, 0.3) is 0 Å². The zero-order valence-electron chi connectivity index (χ0n) is 14.0. The van der Waals surface area contributed by atoms with E-state index in [4.69, 9.17) is 26.2 Å². The van der Waals surface area contributed by atoms with Gasteiger partial charge in [-0.15, -0.1) is 0 Å². The smallest absolute Gasteiger partial charge is 0.410 e. The average molecular weight is 356 g/mol. The molecule has 0 saturated carbocycles. The Balaban J connectivity index is 2.15. The van der Waals surface area contributed by atoms with Crippen LogP contribution in [0.2, 0.25) is 5.02 Å². The van der Waals surface area contributed by atoms with Gasteiger partial charge >= 0.3 is 12.1 Å². The van der Waals surface area contributed by atoms with Crippen molar-refractivity contribution in [2.75, 3.05) is 13.2 Å². The Hall–Kier alpha value is -1.79. The zero-order valence-corrected chi connectivity index (χ0v) is 14.7. The molecule has 1 fully saturated rings. The highest BCUT2D eigenvalue weighted by atomic mass is 35.5. The molecule has 1 heterocycles. The van der Waals surface area contributed by atoms with Crippen LogP contribution in [-0.4, -0.2) is 53.0 Å². The predicted molar refractivity (Wildman–Crippen MR) is 89.3 cm³/mol. The third-order valence-corrected chi connectivity index (χ3v) is 3.83. The molecule has 0 radical (unpaired) electrons. The SMILES string of the molecule is CC(C)(C)OC(=O)N1C[C@H](C(=O)O)OCC1Cc1ccc(Cl)cc1. The van der Waals surface area contributed by atoms with Gasteiger partial charge in [-0.3, -0.25) is 4.90 Å². The Bertz CT molecular complexity index is 596. The summed E-state index contributed by atoms with van der Waals surface area (Å²) in [7, 11) is 0. The number of carbonyl (C=O) groups excluding carboxylic acids is 1. The van der Waals surface area contributed by atoms with Gasteiger partial charge < -0.3 is 14.6 Å². The lowest BCUT2D eigenvalue weighted by Crippen LogP contribution is -2.56. The fourth-order valence-electron chi connectivity index (χ4n) is 2.45. The van der Waals surface area contributed by atoms with E-state index in [1.165, 1.54) is 4.90 Å². The molecule has 0 aliphatic carbocycles. The lowest BCUT2D eigenvalue weighted by atomic mass is 10.0. The quantitative estimate of drug-likeness (QED) is 0.902. The molecule has 1 aliphatic rings. The zero-order chi connectivity index (χ0) is 17.9. The van der Waals surface area contributed by atoms with Crippen LogP contribution in [0.25, 0.3) is 0 Å². The standard InChI is InChI=1S/C17H22ClNO5/c1-17(2,3)24-16(22)19-9-14(15(20)21)23-10-13(19)8-11-4-6-12(18)7-5-11/h4-7,13-14H,8-10H2,1-3H3,(H,20,21)/t13?,14-/m1/s1. The number of aliphatic carboxylic acids is 1. The molecule has 7 heteroatoms. The average Bonchev–Trinajstić information content (AvgIpc) is 2.48. The third kappa shape index (κ3) is 5.11. The van der Waals surface area contributed by atoms with E-state index in [1.807, 2.05) is 12.1 Å². The van der Waals surface area contributed by atoms with Crippen LogP contribution >= 0.6 is 11.6 Å². The Morgan fingerprint density at radius 2 is 1.96 bits per heavy atom. The van der Waals surface area contributed by atoms with E-state index in [0.29, 0.717) is 11.4 Å². The monoisotopic (exact) mass is 355 g/mol. The molecule has 6 nitrogen and oxygen atoms in total. The number of halogens is 1. The van der Waals surface area contributed by atoms with Crippen LogP contribution in [0.3, 0.4) is 0 Å². The molecule has 1 amide bonds. The summed E-state index contributed by atoms with van der Waals surface area (Å²) in [5.41, 5.74) is 0.328. The van der Waals surface area contributed by atoms with Crippen molar-refractivity contribution in [1.82, 2.24) is 4.90 Å². The topological polar surface area (TPSA) is 76.1 Å². The first kappa shape index (κ1) is 18.5. The van der Waals surface area contributed by atoms with Gasteiger partial charge in [-0.25, -0.2) is 9.59 Å². The normalized spacial score (nSPS) is 21.4. The van der Waals surface area contributed by atoms with Crippen molar-refractivity contribution in [2.24, 2.45) is 0 Å². The maximum Gasteiger partial charge on any atom is 0.410 e. The number of hydrogen-bond acceptors (Lipinski definition) is 4. The fourth-order valence-corrected chi connectivity index (χ4v) is 2.58. The second kappa shape index (κ2) is 7.40. The largest absolute Gasteiger partial charge is 0.479 e. The summed E-state index contributed by atoms with van der Waals surface area (Å²) in [6.07, 6.45) is -1.04. The second-order valence-corrected chi connectivity index (χ2v) is 7.21. The van der Waals surface area contributed by atoms with E-state index in [-0.39, 0.29) is 19.2 Å². The summed E-state index contributed by atoms with van der Waals surface area (Å²) in [5.74, 6) is -1.09. The molecule has 1 unspecified atom stereocenters. The molecule has 132 valence electrons. The van der Waals surface area contributed by atoms with Crippen LogP contribution in [0.4, 0.5) is 4.79 Å². The van der Waals surface area contributed by atoms with Gasteiger partial charge in [0.1, 0.15) is 5.60 Å². The van der Waals surface area contributed by atoms with Crippen LogP contribution < -0.4 is 0 Å². The van der Waals surface area contributed by atoms with Gasteiger partial charge in [0.2, 0.25) is 0 Å². The summed E-state index contributed by atoms with van der Waals surface area (Å²) in [6.45, 7) is 5.41. The van der Waals surface area contributed by atoms with Gasteiger partial charge in [0.15, 0.2) is 6.10 Å². The molecule has 1 aliphatic heterocycles. The first-order valence-corrected chi connectivity index (χ1v) is 8.12. The van der Waals surface area contributed by atoms with Crippen molar-refractivity contribution in [3.8, 4) is 0 Å². The molecule has 1 aromatic rings. The summed E-state index contributed by atoms with van der Waals surface area (Å²) >= 11 is 5.89. The Labute approximate surface area is 146 Å². The Morgan fingerprint density at radius 1 is 1.33 bits per heavy atom. The number of ether oxygens (including phenoxy) is 2. The molecule has 24 heavy (non-hydrogen) atoms. The molecular weight excluding hydrogens is 334 g/mol. The fraction of sp³-hybridized carbons (Fsp3) is 0.529. The van der Waals surface area contributed by atoms with Crippen molar-refractivity contribution in [3.05, 3.63) is 34.9 Å². The van der Waals surface area contributed by atoms with Crippen molar-refractivity contribution in [2.45, 2.75) is 44.9 Å². The molecule has 1 N–H and O–H groups in total. The van der Waals surface area contributed by atoms with Gasteiger partial charge in [-0.1, -0.05) is 23.7 Å². The lowest BCUT2D eigenvalue weighted by molar-refractivity contribution is -0.158. The minimum atomic E-state index is -1.09. The number of carboxylic acids is 1. The van der Waals surface area contributed by atoms with Crippen molar-refractivity contribution >= 4 is 23.7 Å². The summed E-state index contributed by atoms with van der Waals surface area (Å²) in [6, 6.07) is 7.01. The number of benzene rings is 1. The number of nitrogens with zero attached hydrogens (tertiary/aromatic N) is 1. The van der Waals surface area contributed by atoms with E-state index >= 15 is 0 Å². The Kier molecular flexibility index (Phi) is 5.72. The van der Waals surface area contributed by atoms with Gasteiger partial charge in [-0.2, -0.15) is 0 Å². The first-order chi connectivity index (χ1) is 11.2. The molecule has 0 spiro atoms. The predicted octanol–water partition coefficient (Wildman–Crippen LogP) is 2.97. The van der Waals surface area contributed by atoms with Crippen molar-refractivity contribution in [3.63, 3.8) is 0 Å². The molecule has 0 bridgehead atoms. The van der Waals surface area contributed by atoms with E-state index < -0.39 is 23.8 Å².